The largest absolute Gasteiger partial charge is 0.383 e. The summed E-state index contributed by atoms with van der Waals surface area (Å²) in [6, 6.07) is 1.64. The first-order valence-corrected chi connectivity index (χ1v) is 5.42. The zero-order chi connectivity index (χ0) is 12.0. The lowest BCUT2D eigenvalue weighted by atomic mass is 10.2. The van der Waals surface area contributed by atoms with Crippen LogP contribution in [0.15, 0.2) is 10.6 Å². The fourth-order valence-corrected chi connectivity index (χ4v) is 1.37. The predicted molar refractivity (Wildman–Crippen MR) is 59.3 cm³/mol. The minimum Gasteiger partial charge on any atom is -0.383 e. The summed E-state index contributed by atoms with van der Waals surface area (Å²) in [7, 11) is 1.60. The first-order chi connectivity index (χ1) is 7.67. The highest BCUT2D eigenvalue weighted by Crippen LogP contribution is 2.06. The number of ether oxygens (including phenoxy) is 1. The van der Waals surface area contributed by atoms with Crippen LogP contribution in [0, 0.1) is 0 Å². The molecule has 0 aliphatic carbocycles. The van der Waals surface area contributed by atoms with Crippen LogP contribution >= 0.6 is 0 Å². The molecule has 0 saturated carbocycles. The van der Waals surface area contributed by atoms with Gasteiger partial charge in [-0.15, -0.1) is 0 Å². The molecule has 0 spiro atoms. The van der Waals surface area contributed by atoms with Crippen LogP contribution in [-0.4, -0.2) is 30.8 Å². The van der Waals surface area contributed by atoms with Gasteiger partial charge in [-0.1, -0.05) is 12.1 Å². The Bertz CT molecular complexity index is 336. The average Bonchev–Trinajstić information content (AvgIpc) is 2.67. The summed E-state index contributed by atoms with van der Waals surface area (Å²) in [5, 5.41) is 6.49. The van der Waals surface area contributed by atoms with Gasteiger partial charge >= 0.3 is 0 Å². The van der Waals surface area contributed by atoms with E-state index in [0.717, 1.165) is 18.6 Å². The molecule has 1 aromatic heterocycles. The second kappa shape index (κ2) is 6.27. The Hall–Kier alpha value is -1.36. The molecule has 1 atom stereocenters. The number of rotatable bonds is 6. The van der Waals surface area contributed by atoms with Gasteiger partial charge in [0.15, 0.2) is 5.69 Å². The van der Waals surface area contributed by atoms with E-state index in [1.165, 1.54) is 0 Å². The van der Waals surface area contributed by atoms with Crippen molar-refractivity contribution in [1.82, 2.24) is 10.5 Å². The number of hydrogen-bond donors (Lipinski definition) is 1. The average molecular weight is 226 g/mol. The van der Waals surface area contributed by atoms with Crippen molar-refractivity contribution in [2.45, 2.75) is 32.7 Å². The lowest BCUT2D eigenvalue weighted by Crippen LogP contribution is -2.35. The van der Waals surface area contributed by atoms with Crippen LogP contribution in [0.2, 0.25) is 0 Å². The molecule has 5 nitrogen and oxygen atoms in total. The maximum atomic E-state index is 11.7. The van der Waals surface area contributed by atoms with E-state index in [2.05, 4.69) is 10.5 Å². The highest BCUT2D eigenvalue weighted by molar-refractivity contribution is 5.92. The quantitative estimate of drug-likeness (QED) is 0.796. The molecule has 0 fully saturated rings. The summed E-state index contributed by atoms with van der Waals surface area (Å²) in [6.45, 7) is 4.39. The Morgan fingerprint density at radius 1 is 1.69 bits per heavy atom. The molecular weight excluding hydrogens is 208 g/mol. The first kappa shape index (κ1) is 12.7. The smallest absolute Gasteiger partial charge is 0.273 e. The molecule has 16 heavy (non-hydrogen) atoms. The minimum absolute atomic E-state index is 0.0381. The summed E-state index contributed by atoms with van der Waals surface area (Å²) >= 11 is 0. The number of carbonyl (C=O) groups excluding carboxylic acids is 1. The highest BCUT2D eigenvalue weighted by atomic mass is 16.5. The van der Waals surface area contributed by atoms with Crippen LogP contribution in [0.3, 0.4) is 0 Å². The fourth-order valence-electron chi connectivity index (χ4n) is 1.37. The van der Waals surface area contributed by atoms with Crippen LogP contribution < -0.4 is 5.32 Å². The second-order valence-electron chi connectivity index (χ2n) is 3.76. The number of nitrogens with one attached hydrogen (secondary N) is 1. The molecule has 0 aliphatic heterocycles. The monoisotopic (exact) mass is 226 g/mol. The van der Waals surface area contributed by atoms with E-state index in [0.29, 0.717) is 12.3 Å². The van der Waals surface area contributed by atoms with Crippen molar-refractivity contribution in [3.05, 3.63) is 17.5 Å². The normalized spacial score (nSPS) is 12.4. The summed E-state index contributed by atoms with van der Waals surface area (Å²) in [5.41, 5.74) is 0.325. The predicted octanol–water partition coefficient (Wildman–Crippen LogP) is 1.39. The van der Waals surface area contributed by atoms with Gasteiger partial charge in [-0.2, -0.15) is 0 Å². The fraction of sp³-hybridized carbons (Fsp3) is 0.636. The molecule has 0 radical (unpaired) electrons. The molecule has 0 aliphatic rings. The van der Waals surface area contributed by atoms with Gasteiger partial charge in [-0.25, -0.2) is 0 Å². The number of methoxy groups -OCH3 is 1. The van der Waals surface area contributed by atoms with Crippen LogP contribution in [-0.2, 0) is 11.2 Å². The van der Waals surface area contributed by atoms with Gasteiger partial charge < -0.3 is 14.6 Å². The number of carbonyl (C=O) groups is 1. The minimum atomic E-state index is -0.226. The molecule has 1 heterocycles. The molecular formula is C11H18N2O3. The maximum absolute atomic E-state index is 11.7. The number of hydrogen-bond acceptors (Lipinski definition) is 4. The third-order valence-corrected chi connectivity index (χ3v) is 2.08. The first-order valence-electron chi connectivity index (χ1n) is 5.42. The number of aryl methyl sites for hydroxylation is 1. The molecule has 90 valence electrons. The van der Waals surface area contributed by atoms with Crippen LogP contribution in [0.5, 0.6) is 0 Å². The van der Waals surface area contributed by atoms with Crippen LogP contribution in [0.25, 0.3) is 0 Å². The highest BCUT2D eigenvalue weighted by Gasteiger charge is 2.14. The molecule has 1 N–H and O–H groups in total. The van der Waals surface area contributed by atoms with Crippen molar-refractivity contribution in [3.8, 4) is 0 Å². The molecule has 1 amide bonds. The van der Waals surface area contributed by atoms with Crippen molar-refractivity contribution in [1.29, 1.82) is 0 Å². The second-order valence-corrected chi connectivity index (χ2v) is 3.76. The summed E-state index contributed by atoms with van der Waals surface area (Å²) < 4.78 is 9.95. The zero-order valence-electron chi connectivity index (χ0n) is 9.95. The Labute approximate surface area is 95.1 Å². The molecule has 1 rings (SSSR count). The standard InChI is InChI=1S/C11H18N2O3/c1-4-5-9-6-10(13-16-9)11(14)12-8(2)7-15-3/h6,8H,4-5,7H2,1-3H3,(H,12,14). The molecule has 0 saturated heterocycles. The number of aromatic nitrogens is 1. The van der Waals surface area contributed by atoms with Gasteiger partial charge in [-0.3, -0.25) is 4.79 Å². The lowest BCUT2D eigenvalue weighted by molar-refractivity contribution is 0.0896. The van der Waals surface area contributed by atoms with Crippen LogP contribution in [0.1, 0.15) is 36.5 Å². The van der Waals surface area contributed by atoms with E-state index < -0.39 is 0 Å². The van der Waals surface area contributed by atoms with E-state index in [9.17, 15) is 4.79 Å². The van der Waals surface area contributed by atoms with E-state index >= 15 is 0 Å². The Balaban J connectivity index is 2.52. The Kier molecular flexibility index (Phi) is 4.98. The van der Waals surface area contributed by atoms with Gasteiger partial charge in [0.05, 0.1) is 6.61 Å². The summed E-state index contributed by atoms with van der Waals surface area (Å²) in [6.07, 6.45) is 1.77. The number of amides is 1. The van der Waals surface area contributed by atoms with Crippen molar-refractivity contribution < 1.29 is 14.1 Å². The Morgan fingerprint density at radius 3 is 3.06 bits per heavy atom. The maximum Gasteiger partial charge on any atom is 0.273 e. The third kappa shape index (κ3) is 3.66. The third-order valence-electron chi connectivity index (χ3n) is 2.08. The number of nitrogens with zero attached hydrogens (tertiary/aromatic N) is 1. The van der Waals surface area contributed by atoms with E-state index in [-0.39, 0.29) is 11.9 Å². The topological polar surface area (TPSA) is 64.4 Å². The van der Waals surface area contributed by atoms with Gasteiger partial charge in [0.1, 0.15) is 5.76 Å². The van der Waals surface area contributed by atoms with Crippen molar-refractivity contribution >= 4 is 5.91 Å². The van der Waals surface area contributed by atoms with Gasteiger partial charge in [-0.05, 0) is 13.3 Å². The summed E-state index contributed by atoms with van der Waals surface area (Å²) in [5.74, 6) is 0.516. The van der Waals surface area contributed by atoms with E-state index in [4.69, 9.17) is 9.26 Å². The molecule has 0 aromatic carbocycles. The van der Waals surface area contributed by atoms with Gasteiger partial charge in [0, 0.05) is 25.6 Å². The lowest BCUT2D eigenvalue weighted by Gasteiger charge is -2.10. The van der Waals surface area contributed by atoms with Crippen molar-refractivity contribution in [3.63, 3.8) is 0 Å². The molecule has 0 bridgehead atoms. The van der Waals surface area contributed by atoms with E-state index in [1.807, 2.05) is 13.8 Å². The van der Waals surface area contributed by atoms with Crippen molar-refractivity contribution in [2.75, 3.05) is 13.7 Å². The SMILES string of the molecule is CCCc1cc(C(=O)NC(C)COC)no1. The van der Waals surface area contributed by atoms with Crippen LogP contribution in [0.4, 0.5) is 0 Å². The zero-order valence-corrected chi connectivity index (χ0v) is 9.95. The Morgan fingerprint density at radius 2 is 2.44 bits per heavy atom. The molecule has 1 unspecified atom stereocenters. The molecule has 1 aromatic rings. The van der Waals surface area contributed by atoms with E-state index in [1.54, 1.807) is 13.2 Å². The van der Waals surface area contributed by atoms with Gasteiger partial charge in [0.2, 0.25) is 0 Å². The van der Waals surface area contributed by atoms with Crippen molar-refractivity contribution in [2.24, 2.45) is 0 Å². The molecule has 5 heteroatoms. The van der Waals surface area contributed by atoms with Gasteiger partial charge in [0.25, 0.3) is 5.91 Å². The summed E-state index contributed by atoms with van der Waals surface area (Å²) in [4.78, 5) is 11.7.